The van der Waals surface area contributed by atoms with E-state index in [9.17, 15) is 18.0 Å². The fourth-order valence-electron chi connectivity index (χ4n) is 2.58. The minimum Gasteiger partial charge on any atom is -0.304 e. The van der Waals surface area contributed by atoms with Gasteiger partial charge >= 0.3 is 5.51 Å². The van der Waals surface area contributed by atoms with Crippen molar-refractivity contribution >= 4 is 35.3 Å². The number of alkyl halides is 3. The lowest BCUT2D eigenvalue weighted by Gasteiger charge is -2.25. The van der Waals surface area contributed by atoms with E-state index in [0.29, 0.717) is 5.69 Å². The molecule has 1 aliphatic heterocycles. The lowest BCUT2D eigenvalue weighted by Crippen LogP contribution is -2.26. The Morgan fingerprint density at radius 1 is 1.20 bits per heavy atom. The number of carbonyl (C=O) groups is 1. The Kier molecular flexibility index (Phi) is 5.16. The number of hydrogen-bond donors (Lipinski definition) is 2. The van der Waals surface area contributed by atoms with Crippen LogP contribution in [0.2, 0.25) is 0 Å². The van der Waals surface area contributed by atoms with Crippen molar-refractivity contribution in [3.05, 3.63) is 54.1 Å². The van der Waals surface area contributed by atoms with Crippen molar-refractivity contribution in [1.82, 2.24) is 5.48 Å². The topological polar surface area (TPSA) is 52.6 Å². The molecular formula is C16H13F3N2O2S2. The minimum absolute atomic E-state index is 0.0273. The quantitative estimate of drug-likeness (QED) is 0.343. The number of hydroxylamine groups is 1. The third-order valence-corrected chi connectivity index (χ3v) is 5.56. The summed E-state index contributed by atoms with van der Waals surface area (Å²) in [4.78, 5) is 12.7. The van der Waals surface area contributed by atoms with Gasteiger partial charge in [0.25, 0.3) is 0 Å². The summed E-state index contributed by atoms with van der Waals surface area (Å²) in [6.07, 6.45) is 0.0273. The lowest BCUT2D eigenvalue weighted by atomic mass is 10.0. The van der Waals surface area contributed by atoms with Crippen molar-refractivity contribution in [2.24, 2.45) is 0 Å². The van der Waals surface area contributed by atoms with Gasteiger partial charge in [-0.15, -0.1) is 0 Å². The zero-order valence-corrected chi connectivity index (χ0v) is 14.3. The van der Waals surface area contributed by atoms with Crippen molar-refractivity contribution in [2.75, 3.05) is 4.31 Å². The Morgan fingerprint density at radius 2 is 1.88 bits per heavy atom. The highest BCUT2D eigenvalue weighted by molar-refractivity contribution is 8.01. The number of rotatable bonds is 4. The highest BCUT2D eigenvalue weighted by Gasteiger charge is 2.33. The van der Waals surface area contributed by atoms with Crippen LogP contribution in [0.4, 0.5) is 18.9 Å². The van der Waals surface area contributed by atoms with Crippen molar-refractivity contribution in [1.29, 1.82) is 0 Å². The molecule has 1 heterocycles. The maximum atomic E-state index is 12.4. The number of nitrogens with one attached hydrogen (secondary N) is 1. The van der Waals surface area contributed by atoms with Gasteiger partial charge in [-0.2, -0.15) is 13.2 Å². The first-order valence-corrected chi connectivity index (χ1v) is 8.81. The molecule has 4 nitrogen and oxygen atoms in total. The van der Waals surface area contributed by atoms with E-state index in [1.807, 2.05) is 28.6 Å². The van der Waals surface area contributed by atoms with Crippen LogP contribution in [0.1, 0.15) is 18.0 Å². The van der Waals surface area contributed by atoms with Crippen molar-refractivity contribution < 1.29 is 23.2 Å². The second-order valence-electron chi connectivity index (χ2n) is 5.25. The van der Waals surface area contributed by atoms with E-state index in [1.54, 1.807) is 17.6 Å². The largest absolute Gasteiger partial charge is 0.446 e. The zero-order valence-electron chi connectivity index (χ0n) is 12.7. The maximum absolute atomic E-state index is 12.4. The SMILES string of the molecule is O=C(CC1c2ccccc2SN1c1ccc(SC(F)(F)F)cc1)NO. The standard InChI is InChI=1S/C16H13F3N2O2S2/c17-16(18,19)24-11-7-5-10(6-8-11)21-13(9-15(22)20-23)12-3-1-2-4-14(12)25-21/h1-8,13,23H,9H2,(H,20,22). The van der Waals surface area contributed by atoms with Crippen LogP contribution < -0.4 is 9.79 Å². The van der Waals surface area contributed by atoms with Crippen molar-refractivity contribution in [3.8, 4) is 0 Å². The molecule has 2 aromatic carbocycles. The number of hydrogen-bond acceptors (Lipinski definition) is 5. The summed E-state index contributed by atoms with van der Waals surface area (Å²) < 4.78 is 39.2. The van der Waals surface area contributed by atoms with Gasteiger partial charge in [-0.1, -0.05) is 18.2 Å². The Morgan fingerprint density at radius 3 is 2.52 bits per heavy atom. The Labute approximate surface area is 150 Å². The molecule has 0 aromatic heterocycles. The Bertz CT molecular complexity index is 769. The predicted octanol–water partition coefficient (Wildman–Crippen LogP) is 4.76. The van der Waals surface area contributed by atoms with E-state index in [4.69, 9.17) is 5.21 Å². The molecule has 1 amide bonds. The molecule has 1 unspecified atom stereocenters. The van der Waals surface area contributed by atoms with E-state index in [1.165, 1.54) is 24.1 Å². The van der Waals surface area contributed by atoms with Crippen LogP contribution in [0.25, 0.3) is 0 Å². The molecule has 0 spiro atoms. The first-order valence-electron chi connectivity index (χ1n) is 7.22. The van der Waals surface area contributed by atoms with Gasteiger partial charge in [0.1, 0.15) is 0 Å². The van der Waals surface area contributed by atoms with Crippen LogP contribution in [-0.4, -0.2) is 16.6 Å². The highest BCUT2D eigenvalue weighted by atomic mass is 32.2. The number of benzene rings is 2. The molecule has 0 aliphatic carbocycles. The molecule has 0 saturated heterocycles. The molecule has 2 N–H and O–H groups in total. The molecule has 0 saturated carbocycles. The molecule has 9 heteroatoms. The van der Waals surface area contributed by atoms with Gasteiger partial charge in [0.15, 0.2) is 0 Å². The Balaban J connectivity index is 1.86. The van der Waals surface area contributed by atoms with Crippen LogP contribution in [-0.2, 0) is 4.79 Å². The van der Waals surface area contributed by atoms with Gasteiger partial charge in [0.2, 0.25) is 5.91 Å². The number of nitrogens with zero attached hydrogens (tertiary/aromatic N) is 1. The summed E-state index contributed by atoms with van der Waals surface area (Å²) in [7, 11) is 0. The highest BCUT2D eigenvalue weighted by Crippen LogP contribution is 2.48. The molecule has 0 fully saturated rings. The number of amides is 1. The average molecular weight is 386 g/mol. The molecule has 3 rings (SSSR count). The van der Waals surface area contributed by atoms with E-state index in [0.717, 1.165) is 10.5 Å². The van der Waals surface area contributed by atoms with Gasteiger partial charge in [0, 0.05) is 15.5 Å². The molecular weight excluding hydrogens is 373 g/mol. The van der Waals surface area contributed by atoms with E-state index < -0.39 is 11.4 Å². The molecule has 0 bridgehead atoms. The van der Waals surface area contributed by atoms with Crippen LogP contribution in [0.15, 0.2) is 58.3 Å². The second kappa shape index (κ2) is 7.19. The normalized spacial score (nSPS) is 16.6. The van der Waals surface area contributed by atoms with Crippen LogP contribution >= 0.6 is 23.7 Å². The fraction of sp³-hybridized carbons (Fsp3) is 0.188. The molecule has 1 aliphatic rings. The first kappa shape index (κ1) is 18.0. The summed E-state index contributed by atoms with van der Waals surface area (Å²) in [6.45, 7) is 0. The Hall–Kier alpha value is -1.84. The summed E-state index contributed by atoms with van der Waals surface area (Å²) in [5.74, 6) is -0.531. The summed E-state index contributed by atoms with van der Waals surface area (Å²) in [6, 6.07) is 13.2. The fourth-order valence-corrected chi connectivity index (χ4v) is 4.32. The van der Waals surface area contributed by atoms with Gasteiger partial charge in [-0.3, -0.25) is 10.0 Å². The third kappa shape index (κ3) is 4.23. The molecule has 2 aromatic rings. The smallest absolute Gasteiger partial charge is 0.304 e. The maximum Gasteiger partial charge on any atom is 0.446 e. The number of anilines is 1. The molecule has 25 heavy (non-hydrogen) atoms. The van der Waals surface area contributed by atoms with Crippen molar-refractivity contribution in [3.63, 3.8) is 0 Å². The van der Waals surface area contributed by atoms with Gasteiger partial charge in [-0.25, -0.2) is 5.48 Å². The van der Waals surface area contributed by atoms with Gasteiger partial charge in [0.05, 0.1) is 12.5 Å². The predicted molar refractivity (Wildman–Crippen MR) is 90.4 cm³/mol. The monoisotopic (exact) mass is 386 g/mol. The van der Waals surface area contributed by atoms with E-state index >= 15 is 0 Å². The molecule has 0 radical (unpaired) electrons. The van der Waals surface area contributed by atoms with Gasteiger partial charge < -0.3 is 4.31 Å². The van der Waals surface area contributed by atoms with E-state index in [2.05, 4.69) is 0 Å². The number of carbonyl (C=O) groups excluding carboxylic acids is 1. The summed E-state index contributed by atoms with van der Waals surface area (Å²) in [5.41, 5.74) is -1.09. The molecule has 1 atom stereocenters. The lowest BCUT2D eigenvalue weighted by molar-refractivity contribution is -0.129. The minimum atomic E-state index is -4.33. The van der Waals surface area contributed by atoms with Crippen molar-refractivity contribution in [2.45, 2.75) is 27.8 Å². The number of halogens is 3. The molecule has 132 valence electrons. The van der Waals surface area contributed by atoms with E-state index in [-0.39, 0.29) is 29.1 Å². The van der Waals surface area contributed by atoms with Crippen LogP contribution in [0.3, 0.4) is 0 Å². The number of thioether (sulfide) groups is 1. The second-order valence-corrected chi connectivity index (χ2v) is 7.41. The first-order chi connectivity index (χ1) is 11.9. The summed E-state index contributed by atoms with van der Waals surface area (Å²) in [5, 5.41) is 8.81. The third-order valence-electron chi connectivity index (χ3n) is 3.59. The van der Waals surface area contributed by atoms with Crippen LogP contribution in [0.5, 0.6) is 0 Å². The number of fused-ring (bicyclic) bond motifs is 1. The zero-order chi connectivity index (χ0) is 18.0. The van der Waals surface area contributed by atoms with Gasteiger partial charge in [-0.05, 0) is 59.6 Å². The average Bonchev–Trinajstić information content (AvgIpc) is 2.93. The van der Waals surface area contributed by atoms with Crippen LogP contribution in [0, 0.1) is 0 Å². The summed E-state index contributed by atoms with van der Waals surface area (Å²) >= 11 is 1.24.